The predicted molar refractivity (Wildman–Crippen MR) is 57.2 cm³/mol. The summed E-state index contributed by atoms with van der Waals surface area (Å²) in [4.78, 5) is 0. The molecule has 0 radical (unpaired) electrons. The highest BCUT2D eigenvalue weighted by atomic mass is 127. The number of fused-ring (bicyclic) bond motifs is 1. The third-order valence-corrected chi connectivity index (χ3v) is 3.78. The maximum atomic E-state index is 2.28. The molecule has 3 heteroatoms. The molecule has 0 unspecified atom stereocenters. The van der Waals surface area contributed by atoms with E-state index in [0.29, 0.717) is 0 Å². The second kappa shape index (κ2) is 4.14. The molecular formula is C11H14INS. The Bertz CT molecular complexity index is 474. The summed E-state index contributed by atoms with van der Waals surface area (Å²) in [6, 6.07) is 4.55. The van der Waals surface area contributed by atoms with Crippen LogP contribution in [-0.2, 0) is 7.05 Å². The normalized spacial score (nSPS) is 10.3. The van der Waals surface area contributed by atoms with Crippen molar-refractivity contribution in [2.75, 3.05) is 0 Å². The highest BCUT2D eigenvalue weighted by Gasteiger charge is 2.13. The van der Waals surface area contributed by atoms with E-state index in [1.807, 2.05) is 11.3 Å². The van der Waals surface area contributed by atoms with Gasteiger partial charge < -0.3 is 24.0 Å². The SMILES string of the molecule is Cc1cc2sc(C)[n+](C)c2cc1C.[I-]. The molecule has 1 aromatic carbocycles. The van der Waals surface area contributed by atoms with E-state index < -0.39 is 0 Å². The van der Waals surface area contributed by atoms with Crippen LogP contribution in [0.1, 0.15) is 16.1 Å². The van der Waals surface area contributed by atoms with Crippen LogP contribution in [0.5, 0.6) is 0 Å². The van der Waals surface area contributed by atoms with Crippen LogP contribution in [0, 0.1) is 20.8 Å². The number of rotatable bonds is 0. The van der Waals surface area contributed by atoms with E-state index in [9.17, 15) is 0 Å². The van der Waals surface area contributed by atoms with Crippen LogP contribution in [-0.4, -0.2) is 0 Å². The Morgan fingerprint density at radius 3 is 2.29 bits per heavy atom. The Hall–Kier alpha value is -0.160. The molecule has 0 saturated heterocycles. The fraction of sp³-hybridized carbons (Fsp3) is 0.364. The van der Waals surface area contributed by atoms with Crippen LogP contribution in [0.25, 0.3) is 10.2 Å². The minimum Gasteiger partial charge on any atom is -1.00 e. The maximum absolute atomic E-state index is 2.28. The zero-order valence-corrected chi connectivity index (χ0v) is 11.9. The number of hydrogen-bond donors (Lipinski definition) is 0. The number of benzene rings is 1. The zero-order valence-electron chi connectivity index (χ0n) is 8.89. The molecule has 0 fully saturated rings. The van der Waals surface area contributed by atoms with Gasteiger partial charge in [0.25, 0.3) is 0 Å². The number of halogens is 1. The van der Waals surface area contributed by atoms with E-state index in [0.717, 1.165) is 0 Å². The Labute approximate surface area is 106 Å². The van der Waals surface area contributed by atoms with Gasteiger partial charge in [0, 0.05) is 13.0 Å². The van der Waals surface area contributed by atoms with Crippen LogP contribution >= 0.6 is 11.3 Å². The number of hydrogen-bond acceptors (Lipinski definition) is 1. The first-order chi connectivity index (χ1) is 6.09. The minimum atomic E-state index is 0. The Morgan fingerprint density at radius 1 is 1.07 bits per heavy atom. The molecule has 0 bridgehead atoms. The highest BCUT2D eigenvalue weighted by Crippen LogP contribution is 2.22. The first kappa shape index (κ1) is 11.9. The van der Waals surface area contributed by atoms with Crippen molar-refractivity contribution in [3.05, 3.63) is 28.3 Å². The van der Waals surface area contributed by atoms with Crippen molar-refractivity contribution in [3.8, 4) is 0 Å². The van der Waals surface area contributed by atoms with Gasteiger partial charge in [-0.2, -0.15) is 4.57 Å². The third kappa shape index (κ3) is 1.80. The van der Waals surface area contributed by atoms with Crippen molar-refractivity contribution in [1.29, 1.82) is 0 Å². The van der Waals surface area contributed by atoms with Crippen molar-refractivity contribution in [2.24, 2.45) is 7.05 Å². The largest absolute Gasteiger partial charge is 1.00 e. The summed E-state index contributed by atoms with van der Waals surface area (Å²) in [5.74, 6) is 0. The van der Waals surface area contributed by atoms with Crippen LogP contribution in [0.2, 0.25) is 0 Å². The maximum Gasteiger partial charge on any atom is 0.234 e. The van der Waals surface area contributed by atoms with Crippen molar-refractivity contribution in [3.63, 3.8) is 0 Å². The molecule has 0 aliphatic carbocycles. The molecule has 0 spiro atoms. The van der Waals surface area contributed by atoms with E-state index in [1.165, 1.54) is 26.4 Å². The molecule has 0 saturated carbocycles. The summed E-state index contributed by atoms with van der Waals surface area (Å²) >= 11 is 1.86. The van der Waals surface area contributed by atoms with Gasteiger partial charge in [-0.05, 0) is 31.0 Å². The summed E-state index contributed by atoms with van der Waals surface area (Å²) < 4.78 is 3.65. The average molecular weight is 319 g/mol. The fourth-order valence-corrected chi connectivity index (χ4v) is 2.61. The predicted octanol–water partition coefficient (Wildman–Crippen LogP) is -0.345. The number of aromatic nitrogens is 1. The molecule has 1 aromatic heterocycles. The smallest absolute Gasteiger partial charge is 0.234 e. The number of aryl methyl sites for hydroxylation is 4. The standard InChI is InChI=1S/C11H14NS.HI/c1-7-5-10-11(6-8(7)2)13-9(3)12(10)4;/h5-6H,1-4H3;1H/q+1;/p-1. The van der Waals surface area contributed by atoms with Gasteiger partial charge >= 0.3 is 0 Å². The van der Waals surface area contributed by atoms with Gasteiger partial charge in [0.05, 0.1) is 0 Å². The van der Waals surface area contributed by atoms with Crippen LogP contribution in [0.3, 0.4) is 0 Å². The molecule has 14 heavy (non-hydrogen) atoms. The monoisotopic (exact) mass is 319 g/mol. The first-order valence-electron chi connectivity index (χ1n) is 4.46. The highest BCUT2D eigenvalue weighted by molar-refractivity contribution is 7.18. The van der Waals surface area contributed by atoms with Gasteiger partial charge in [0.15, 0.2) is 0 Å². The van der Waals surface area contributed by atoms with E-state index in [2.05, 4.69) is 44.5 Å². The summed E-state index contributed by atoms with van der Waals surface area (Å²) in [6.45, 7) is 6.50. The summed E-state index contributed by atoms with van der Waals surface area (Å²) in [6.07, 6.45) is 0. The lowest BCUT2D eigenvalue weighted by atomic mass is 10.1. The Morgan fingerprint density at radius 2 is 1.64 bits per heavy atom. The third-order valence-electron chi connectivity index (χ3n) is 2.67. The van der Waals surface area contributed by atoms with E-state index in [4.69, 9.17) is 0 Å². The van der Waals surface area contributed by atoms with E-state index >= 15 is 0 Å². The molecule has 0 aliphatic rings. The zero-order chi connectivity index (χ0) is 9.59. The minimum absolute atomic E-state index is 0. The number of nitrogens with zero attached hydrogens (tertiary/aromatic N) is 1. The molecule has 1 nitrogen and oxygen atoms in total. The summed E-state index contributed by atoms with van der Waals surface area (Å²) in [5.41, 5.74) is 4.11. The quantitative estimate of drug-likeness (QED) is 0.462. The molecule has 2 aromatic rings. The van der Waals surface area contributed by atoms with Gasteiger partial charge in [0.1, 0.15) is 11.7 Å². The lowest BCUT2D eigenvalue weighted by Crippen LogP contribution is -3.00. The first-order valence-corrected chi connectivity index (χ1v) is 5.27. The van der Waals surface area contributed by atoms with Gasteiger partial charge in [0.2, 0.25) is 10.5 Å². The Balaban J connectivity index is 0.000000980. The lowest BCUT2D eigenvalue weighted by Gasteiger charge is -1.96. The second-order valence-electron chi connectivity index (χ2n) is 3.58. The van der Waals surface area contributed by atoms with Crippen molar-refractivity contribution in [1.82, 2.24) is 0 Å². The van der Waals surface area contributed by atoms with Crippen LogP contribution < -0.4 is 28.5 Å². The second-order valence-corrected chi connectivity index (χ2v) is 4.82. The summed E-state index contributed by atoms with van der Waals surface area (Å²) in [7, 11) is 2.13. The number of thiazole rings is 1. The molecular weight excluding hydrogens is 305 g/mol. The van der Waals surface area contributed by atoms with Crippen molar-refractivity contribution in [2.45, 2.75) is 20.8 Å². The molecule has 1 heterocycles. The molecule has 0 N–H and O–H groups in total. The van der Waals surface area contributed by atoms with Crippen molar-refractivity contribution < 1.29 is 28.5 Å². The van der Waals surface area contributed by atoms with E-state index in [1.54, 1.807) is 0 Å². The van der Waals surface area contributed by atoms with Gasteiger partial charge in [-0.3, -0.25) is 0 Å². The van der Waals surface area contributed by atoms with E-state index in [-0.39, 0.29) is 24.0 Å². The molecule has 0 aliphatic heterocycles. The molecule has 2 rings (SSSR count). The summed E-state index contributed by atoms with van der Waals surface area (Å²) in [5, 5.41) is 1.36. The Kier molecular flexibility index (Phi) is 3.53. The molecule has 0 amide bonds. The van der Waals surface area contributed by atoms with Gasteiger partial charge in [-0.15, -0.1) is 0 Å². The van der Waals surface area contributed by atoms with Crippen LogP contribution in [0.15, 0.2) is 12.1 Å². The molecule has 0 atom stereocenters. The topological polar surface area (TPSA) is 3.88 Å². The average Bonchev–Trinajstić information content (AvgIpc) is 2.32. The van der Waals surface area contributed by atoms with Gasteiger partial charge in [-0.1, -0.05) is 11.3 Å². The van der Waals surface area contributed by atoms with Crippen molar-refractivity contribution >= 4 is 21.6 Å². The molecule has 76 valence electrons. The lowest BCUT2D eigenvalue weighted by molar-refractivity contribution is -0.646. The van der Waals surface area contributed by atoms with Gasteiger partial charge in [-0.25, -0.2) is 0 Å². The fourth-order valence-electron chi connectivity index (χ4n) is 1.52. The van der Waals surface area contributed by atoms with Crippen LogP contribution in [0.4, 0.5) is 0 Å².